The number of rotatable bonds is 5. The minimum Gasteiger partial charge on any atom is -0.440 e. The van der Waals surface area contributed by atoms with Crippen molar-refractivity contribution < 1.29 is 9.21 Å². The van der Waals surface area contributed by atoms with Crippen LogP contribution < -0.4 is 5.73 Å². The van der Waals surface area contributed by atoms with Gasteiger partial charge in [0.25, 0.3) is 0 Å². The van der Waals surface area contributed by atoms with Crippen LogP contribution in [0.1, 0.15) is 37.8 Å². The predicted octanol–water partition coefficient (Wildman–Crippen LogP) is 3.17. The third-order valence-electron chi connectivity index (χ3n) is 5.00. The molecule has 134 valence electrons. The molecule has 0 radical (unpaired) electrons. The number of nitrogens with zero attached hydrogens (tertiary/aromatic N) is 2. The van der Waals surface area contributed by atoms with E-state index in [1.54, 1.807) is 0 Å². The van der Waals surface area contributed by atoms with Crippen molar-refractivity contribution in [3.63, 3.8) is 0 Å². The third-order valence-corrected chi connectivity index (χ3v) is 5.00. The minimum atomic E-state index is 0.152. The molecule has 2 N–H and O–H groups in total. The van der Waals surface area contributed by atoms with Crippen LogP contribution in [-0.4, -0.2) is 34.9 Å². The maximum absolute atomic E-state index is 12.6. The molecule has 0 aliphatic carbocycles. The number of oxazole rings is 1. The molecule has 1 fully saturated rings. The van der Waals surface area contributed by atoms with Gasteiger partial charge in [-0.05, 0) is 25.7 Å². The quantitative estimate of drug-likeness (QED) is 0.906. The van der Waals surface area contributed by atoms with E-state index < -0.39 is 0 Å². The van der Waals surface area contributed by atoms with Crippen molar-refractivity contribution in [2.75, 3.05) is 13.1 Å². The van der Waals surface area contributed by atoms with Crippen molar-refractivity contribution >= 4 is 5.91 Å². The maximum Gasteiger partial charge on any atom is 0.223 e. The van der Waals surface area contributed by atoms with Crippen LogP contribution in [0, 0.1) is 12.8 Å². The number of likely N-dealkylation sites (tertiary alicyclic amines) is 1. The van der Waals surface area contributed by atoms with Gasteiger partial charge in [0, 0.05) is 37.5 Å². The second-order valence-electron chi connectivity index (χ2n) is 6.99. The van der Waals surface area contributed by atoms with Crippen molar-refractivity contribution in [2.45, 2.75) is 45.6 Å². The molecule has 2 unspecified atom stereocenters. The SMILES string of the molecule is Cc1nc(CCC(=O)N2CCC(C)CC2CN)oc1-c1ccccc1. The van der Waals surface area contributed by atoms with Crippen LogP contribution >= 0.6 is 0 Å². The average molecular weight is 341 g/mol. The van der Waals surface area contributed by atoms with E-state index in [4.69, 9.17) is 10.2 Å². The lowest BCUT2D eigenvalue weighted by atomic mass is 9.92. The number of hydrogen-bond donors (Lipinski definition) is 1. The van der Waals surface area contributed by atoms with Gasteiger partial charge in [0.15, 0.2) is 11.7 Å². The van der Waals surface area contributed by atoms with Crippen molar-refractivity contribution in [3.8, 4) is 11.3 Å². The lowest BCUT2D eigenvalue weighted by Gasteiger charge is -2.38. The smallest absolute Gasteiger partial charge is 0.223 e. The lowest BCUT2D eigenvalue weighted by Crippen LogP contribution is -2.49. The molecular weight excluding hydrogens is 314 g/mol. The summed E-state index contributed by atoms with van der Waals surface area (Å²) in [5.74, 6) is 2.20. The second kappa shape index (κ2) is 7.83. The number of amides is 1. The Morgan fingerprint density at radius 2 is 2.12 bits per heavy atom. The highest BCUT2D eigenvalue weighted by Crippen LogP contribution is 2.26. The molecule has 2 aromatic rings. The molecule has 0 bridgehead atoms. The van der Waals surface area contributed by atoms with E-state index in [0.717, 1.165) is 36.4 Å². The number of piperidine rings is 1. The molecule has 1 amide bonds. The molecule has 3 rings (SSSR count). The van der Waals surface area contributed by atoms with Crippen LogP contribution in [0.25, 0.3) is 11.3 Å². The van der Waals surface area contributed by atoms with Gasteiger partial charge in [0.05, 0.1) is 5.69 Å². The highest BCUT2D eigenvalue weighted by molar-refractivity contribution is 5.76. The van der Waals surface area contributed by atoms with Gasteiger partial charge in [-0.1, -0.05) is 37.3 Å². The van der Waals surface area contributed by atoms with E-state index in [-0.39, 0.29) is 11.9 Å². The molecule has 0 spiro atoms. The summed E-state index contributed by atoms with van der Waals surface area (Å²) in [5, 5.41) is 0. The van der Waals surface area contributed by atoms with Crippen molar-refractivity contribution in [2.24, 2.45) is 11.7 Å². The van der Waals surface area contributed by atoms with Crippen LogP contribution in [0.5, 0.6) is 0 Å². The molecule has 1 aromatic heterocycles. The minimum absolute atomic E-state index is 0.152. The Kier molecular flexibility index (Phi) is 5.53. The normalized spacial score (nSPS) is 20.7. The van der Waals surface area contributed by atoms with Gasteiger partial charge in [-0.25, -0.2) is 4.98 Å². The highest BCUT2D eigenvalue weighted by Gasteiger charge is 2.28. The molecular formula is C20H27N3O2. The van der Waals surface area contributed by atoms with Crippen LogP contribution in [0.3, 0.4) is 0 Å². The van der Waals surface area contributed by atoms with E-state index in [9.17, 15) is 4.79 Å². The molecule has 2 heterocycles. The van der Waals surface area contributed by atoms with Crippen LogP contribution in [0.2, 0.25) is 0 Å². The Morgan fingerprint density at radius 1 is 1.36 bits per heavy atom. The summed E-state index contributed by atoms with van der Waals surface area (Å²) in [6.45, 7) is 5.51. The van der Waals surface area contributed by atoms with Gasteiger partial charge in [0.1, 0.15) is 0 Å². The summed E-state index contributed by atoms with van der Waals surface area (Å²) in [6, 6.07) is 10.1. The first kappa shape index (κ1) is 17.7. The molecule has 1 aliphatic rings. The topological polar surface area (TPSA) is 72.4 Å². The lowest BCUT2D eigenvalue weighted by molar-refractivity contribution is -0.135. The van der Waals surface area contributed by atoms with Gasteiger partial charge in [0.2, 0.25) is 5.91 Å². The van der Waals surface area contributed by atoms with Crippen molar-refractivity contribution in [1.82, 2.24) is 9.88 Å². The van der Waals surface area contributed by atoms with Gasteiger partial charge < -0.3 is 15.1 Å². The highest BCUT2D eigenvalue weighted by atomic mass is 16.4. The Bertz CT molecular complexity index is 711. The predicted molar refractivity (Wildman–Crippen MR) is 98.0 cm³/mol. The number of carbonyl (C=O) groups excluding carboxylic acids is 1. The fourth-order valence-corrected chi connectivity index (χ4v) is 3.58. The van der Waals surface area contributed by atoms with Gasteiger partial charge in [-0.2, -0.15) is 0 Å². The summed E-state index contributed by atoms with van der Waals surface area (Å²) < 4.78 is 5.90. The Hall–Kier alpha value is -2.14. The largest absolute Gasteiger partial charge is 0.440 e. The average Bonchev–Trinajstić information content (AvgIpc) is 3.01. The summed E-state index contributed by atoms with van der Waals surface area (Å²) in [4.78, 5) is 19.1. The Labute approximate surface area is 149 Å². The van der Waals surface area contributed by atoms with Crippen molar-refractivity contribution in [1.29, 1.82) is 0 Å². The number of nitrogens with two attached hydrogens (primary N) is 1. The summed E-state index contributed by atoms with van der Waals surface area (Å²) in [6.07, 6.45) is 2.99. The van der Waals surface area contributed by atoms with Crippen LogP contribution in [0.4, 0.5) is 0 Å². The molecule has 1 aliphatic heterocycles. The first-order valence-corrected chi connectivity index (χ1v) is 9.09. The Morgan fingerprint density at radius 3 is 2.84 bits per heavy atom. The zero-order valence-electron chi connectivity index (χ0n) is 15.1. The first-order chi connectivity index (χ1) is 12.1. The second-order valence-corrected chi connectivity index (χ2v) is 6.99. The maximum atomic E-state index is 12.6. The van der Waals surface area contributed by atoms with Crippen LogP contribution in [-0.2, 0) is 11.2 Å². The monoisotopic (exact) mass is 341 g/mol. The van der Waals surface area contributed by atoms with E-state index in [1.165, 1.54) is 0 Å². The zero-order chi connectivity index (χ0) is 17.8. The molecule has 1 aromatic carbocycles. The molecule has 5 heteroatoms. The molecule has 5 nitrogen and oxygen atoms in total. The fraction of sp³-hybridized carbons (Fsp3) is 0.500. The zero-order valence-corrected chi connectivity index (χ0v) is 15.1. The van der Waals surface area contributed by atoms with Crippen molar-refractivity contribution in [3.05, 3.63) is 41.9 Å². The molecule has 2 atom stereocenters. The molecule has 25 heavy (non-hydrogen) atoms. The van der Waals surface area contributed by atoms with E-state index >= 15 is 0 Å². The standard InChI is InChI=1S/C20H27N3O2/c1-14-10-11-23(17(12-14)13-21)19(24)9-8-18-22-15(2)20(25-18)16-6-4-3-5-7-16/h3-7,14,17H,8-13,21H2,1-2H3. The van der Waals surface area contributed by atoms with E-state index in [2.05, 4.69) is 11.9 Å². The third kappa shape index (κ3) is 4.10. The molecule has 1 saturated heterocycles. The summed E-state index contributed by atoms with van der Waals surface area (Å²) in [7, 11) is 0. The number of aryl methyl sites for hydroxylation is 2. The van der Waals surface area contributed by atoms with E-state index in [1.807, 2.05) is 42.2 Å². The number of hydrogen-bond acceptors (Lipinski definition) is 4. The fourth-order valence-electron chi connectivity index (χ4n) is 3.58. The first-order valence-electron chi connectivity index (χ1n) is 9.09. The van der Waals surface area contributed by atoms with Gasteiger partial charge >= 0.3 is 0 Å². The van der Waals surface area contributed by atoms with Gasteiger partial charge in [-0.15, -0.1) is 0 Å². The van der Waals surface area contributed by atoms with E-state index in [0.29, 0.717) is 31.2 Å². The number of carbonyl (C=O) groups is 1. The Balaban J connectivity index is 1.63. The summed E-state index contributed by atoms with van der Waals surface area (Å²) in [5.41, 5.74) is 7.74. The van der Waals surface area contributed by atoms with Gasteiger partial charge in [-0.3, -0.25) is 4.79 Å². The number of aromatic nitrogens is 1. The van der Waals surface area contributed by atoms with Crippen LogP contribution in [0.15, 0.2) is 34.7 Å². The molecule has 0 saturated carbocycles. The summed E-state index contributed by atoms with van der Waals surface area (Å²) >= 11 is 0. The number of benzene rings is 1.